The number of aromatic nitrogens is 1. The molecular formula is C15H17N3O3. The van der Waals surface area contributed by atoms with Gasteiger partial charge in [0, 0.05) is 23.9 Å². The number of rotatable bonds is 5. The number of benzene rings is 1. The number of nitro benzene ring substituents is 1. The van der Waals surface area contributed by atoms with Gasteiger partial charge < -0.3 is 10.1 Å². The smallest absolute Gasteiger partial charge is 0.311 e. The molecule has 0 saturated heterocycles. The summed E-state index contributed by atoms with van der Waals surface area (Å²) in [5, 5.41) is 14.2. The molecule has 0 bridgehead atoms. The van der Waals surface area contributed by atoms with Crippen molar-refractivity contribution in [2.75, 3.05) is 7.05 Å². The number of nitro groups is 1. The average Bonchev–Trinajstić information content (AvgIpc) is 2.47. The van der Waals surface area contributed by atoms with Crippen LogP contribution < -0.4 is 10.1 Å². The number of ether oxygens (including phenoxy) is 1. The Balaban J connectivity index is 2.43. The molecular weight excluding hydrogens is 270 g/mol. The van der Waals surface area contributed by atoms with Crippen molar-refractivity contribution >= 4 is 5.69 Å². The van der Waals surface area contributed by atoms with Crippen molar-refractivity contribution in [2.24, 2.45) is 0 Å². The second-order valence-corrected chi connectivity index (χ2v) is 4.74. The maximum absolute atomic E-state index is 11.1. The number of nitrogens with one attached hydrogen (secondary N) is 1. The molecule has 1 aromatic heterocycles. The van der Waals surface area contributed by atoms with Gasteiger partial charge >= 0.3 is 5.69 Å². The molecule has 0 fully saturated rings. The summed E-state index contributed by atoms with van der Waals surface area (Å²) in [6.07, 6.45) is 1.60. The molecule has 1 heterocycles. The Morgan fingerprint density at radius 2 is 2.14 bits per heavy atom. The first-order valence-corrected chi connectivity index (χ1v) is 6.58. The van der Waals surface area contributed by atoms with Gasteiger partial charge in [0.1, 0.15) is 0 Å². The minimum Gasteiger partial charge on any atom is -0.431 e. The fraction of sp³-hybridized carbons (Fsp3) is 0.267. The fourth-order valence-corrected chi connectivity index (χ4v) is 1.93. The Morgan fingerprint density at radius 1 is 1.38 bits per heavy atom. The molecule has 0 saturated carbocycles. The van der Waals surface area contributed by atoms with E-state index in [0.29, 0.717) is 5.88 Å². The lowest BCUT2D eigenvalue weighted by Gasteiger charge is -2.15. The molecule has 0 aliphatic rings. The molecule has 110 valence electrons. The lowest BCUT2D eigenvalue weighted by atomic mass is 10.1. The molecule has 2 aromatic rings. The third-order valence-electron chi connectivity index (χ3n) is 3.22. The van der Waals surface area contributed by atoms with Gasteiger partial charge in [0.15, 0.2) is 0 Å². The normalized spacial score (nSPS) is 12.0. The van der Waals surface area contributed by atoms with E-state index < -0.39 is 4.92 Å². The maximum atomic E-state index is 11.1. The van der Waals surface area contributed by atoms with Gasteiger partial charge in [-0.05, 0) is 38.6 Å². The lowest BCUT2D eigenvalue weighted by Crippen LogP contribution is -2.13. The first-order chi connectivity index (χ1) is 10.0. The summed E-state index contributed by atoms with van der Waals surface area (Å²) < 4.78 is 5.71. The Bertz CT molecular complexity index is 658. The fourth-order valence-electron chi connectivity index (χ4n) is 1.93. The molecule has 1 aromatic carbocycles. The quantitative estimate of drug-likeness (QED) is 0.674. The highest BCUT2D eigenvalue weighted by Crippen LogP contribution is 2.34. The molecule has 6 nitrogen and oxygen atoms in total. The zero-order valence-electron chi connectivity index (χ0n) is 12.2. The van der Waals surface area contributed by atoms with Gasteiger partial charge in [-0.3, -0.25) is 10.1 Å². The van der Waals surface area contributed by atoms with E-state index in [1.54, 1.807) is 24.4 Å². The molecule has 0 aliphatic heterocycles. The van der Waals surface area contributed by atoms with Crippen LogP contribution in [0.15, 0.2) is 36.5 Å². The topological polar surface area (TPSA) is 77.3 Å². The minimum absolute atomic E-state index is 0.0255. The van der Waals surface area contributed by atoms with E-state index in [2.05, 4.69) is 10.3 Å². The van der Waals surface area contributed by atoms with Gasteiger partial charge in [0.2, 0.25) is 11.6 Å². The van der Waals surface area contributed by atoms with E-state index in [-0.39, 0.29) is 17.5 Å². The van der Waals surface area contributed by atoms with Crippen LogP contribution in [0, 0.1) is 17.0 Å². The van der Waals surface area contributed by atoms with Crippen LogP contribution in [0.4, 0.5) is 5.69 Å². The number of hydrogen-bond acceptors (Lipinski definition) is 5. The van der Waals surface area contributed by atoms with E-state index in [1.807, 2.05) is 27.0 Å². The predicted octanol–water partition coefficient (Wildman–Crippen LogP) is 3.37. The van der Waals surface area contributed by atoms with E-state index in [1.165, 1.54) is 6.07 Å². The monoisotopic (exact) mass is 287 g/mol. The van der Waals surface area contributed by atoms with Crippen LogP contribution >= 0.6 is 0 Å². The lowest BCUT2D eigenvalue weighted by molar-refractivity contribution is -0.385. The third-order valence-corrected chi connectivity index (χ3v) is 3.22. The Labute approximate surface area is 122 Å². The first kappa shape index (κ1) is 14.9. The van der Waals surface area contributed by atoms with Crippen LogP contribution in [0.3, 0.4) is 0 Å². The first-order valence-electron chi connectivity index (χ1n) is 6.58. The van der Waals surface area contributed by atoms with Gasteiger partial charge in [-0.25, -0.2) is 4.98 Å². The highest BCUT2D eigenvalue weighted by molar-refractivity contribution is 5.50. The molecule has 21 heavy (non-hydrogen) atoms. The Kier molecular flexibility index (Phi) is 4.49. The molecule has 0 radical (unpaired) electrons. The summed E-state index contributed by atoms with van der Waals surface area (Å²) in [7, 11) is 1.83. The van der Waals surface area contributed by atoms with Crippen LogP contribution in [0.2, 0.25) is 0 Å². The molecule has 6 heteroatoms. The second kappa shape index (κ2) is 6.32. The van der Waals surface area contributed by atoms with Crippen molar-refractivity contribution in [3.8, 4) is 11.6 Å². The van der Waals surface area contributed by atoms with Crippen LogP contribution in [0.1, 0.15) is 24.1 Å². The van der Waals surface area contributed by atoms with E-state index in [0.717, 1.165) is 11.1 Å². The maximum Gasteiger partial charge on any atom is 0.311 e. The summed E-state index contributed by atoms with van der Waals surface area (Å²) in [4.78, 5) is 14.8. The van der Waals surface area contributed by atoms with Gasteiger partial charge in [0.05, 0.1) is 4.92 Å². The highest BCUT2D eigenvalue weighted by Gasteiger charge is 2.19. The van der Waals surface area contributed by atoms with Crippen molar-refractivity contribution in [1.82, 2.24) is 10.3 Å². The van der Waals surface area contributed by atoms with Crippen LogP contribution in [-0.2, 0) is 0 Å². The van der Waals surface area contributed by atoms with Gasteiger partial charge in [-0.2, -0.15) is 0 Å². The molecule has 1 atom stereocenters. The summed E-state index contributed by atoms with van der Waals surface area (Å²) in [5.74, 6) is 0.566. The number of aryl methyl sites for hydroxylation is 1. The standard InChI is InChI=1S/C15H17N3O3/c1-10-6-7-13(18(19)20)14(9-10)21-15-12(11(2)16-3)5-4-8-17-15/h4-9,11,16H,1-3H3. The number of hydrogen-bond donors (Lipinski definition) is 1. The second-order valence-electron chi connectivity index (χ2n) is 4.74. The van der Waals surface area contributed by atoms with Crippen molar-refractivity contribution < 1.29 is 9.66 Å². The van der Waals surface area contributed by atoms with E-state index in [4.69, 9.17) is 4.74 Å². The molecule has 0 amide bonds. The van der Waals surface area contributed by atoms with Crippen molar-refractivity contribution in [3.05, 3.63) is 57.8 Å². The number of pyridine rings is 1. The third kappa shape index (κ3) is 3.35. The molecule has 0 aliphatic carbocycles. The summed E-state index contributed by atoms with van der Waals surface area (Å²) in [5.41, 5.74) is 1.65. The van der Waals surface area contributed by atoms with Crippen LogP contribution in [-0.4, -0.2) is 17.0 Å². The average molecular weight is 287 g/mol. The van der Waals surface area contributed by atoms with Gasteiger partial charge in [-0.15, -0.1) is 0 Å². The summed E-state index contributed by atoms with van der Waals surface area (Å²) in [6, 6.07) is 8.47. The van der Waals surface area contributed by atoms with Crippen LogP contribution in [0.5, 0.6) is 11.6 Å². The van der Waals surface area contributed by atoms with Crippen molar-refractivity contribution in [2.45, 2.75) is 19.9 Å². The highest BCUT2D eigenvalue weighted by atomic mass is 16.6. The zero-order valence-corrected chi connectivity index (χ0v) is 12.2. The largest absolute Gasteiger partial charge is 0.431 e. The molecule has 1 unspecified atom stereocenters. The summed E-state index contributed by atoms with van der Waals surface area (Å²) >= 11 is 0. The molecule has 2 rings (SSSR count). The Morgan fingerprint density at radius 3 is 2.81 bits per heavy atom. The summed E-state index contributed by atoms with van der Waals surface area (Å²) in [6.45, 7) is 3.82. The zero-order chi connectivity index (χ0) is 15.4. The Hall–Kier alpha value is -2.47. The van der Waals surface area contributed by atoms with Crippen molar-refractivity contribution in [1.29, 1.82) is 0 Å². The SMILES string of the molecule is CNC(C)c1cccnc1Oc1cc(C)ccc1[N+](=O)[O-]. The molecule has 1 N–H and O–H groups in total. The van der Waals surface area contributed by atoms with E-state index >= 15 is 0 Å². The van der Waals surface area contributed by atoms with Crippen molar-refractivity contribution in [3.63, 3.8) is 0 Å². The minimum atomic E-state index is -0.459. The van der Waals surface area contributed by atoms with E-state index in [9.17, 15) is 10.1 Å². The van der Waals surface area contributed by atoms with Gasteiger partial charge in [-0.1, -0.05) is 12.1 Å². The molecule has 0 spiro atoms. The van der Waals surface area contributed by atoms with Gasteiger partial charge in [0.25, 0.3) is 0 Å². The number of nitrogens with zero attached hydrogens (tertiary/aromatic N) is 2. The predicted molar refractivity (Wildman–Crippen MR) is 79.6 cm³/mol. The van der Waals surface area contributed by atoms with Crippen LogP contribution in [0.25, 0.3) is 0 Å².